The zero-order valence-electron chi connectivity index (χ0n) is 14.6. The lowest BCUT2D eigenvalue weighted by molar-refractivity contribution is -0.115. The van der Waals surface area contributed by atoms with Gasteiger partial charge < -0.3 is 10.1 Å². The summed E-state index contributed by atoms with van der Waals surface area (Å²) in [6, 6.07) is 11.2. The molecule has 4 nitrogen and oxygen atoms in total. The highest BCUT2D eigenvalue weighted by atomic mass is 16.5. The van der Waals surface area contributed by atoms with E-state index in [0.29, 0.717) is 24.3 Å². The maximum atomic E-state index is 12.4. The topological polar surface area (TPSA) is 55.4 Å². The van der Waals surface area contributed by atoms with Gasteiger partial charge in [-0.3, -0.25) is 4.79 Å². The molecule has 0 aliphatic carbocycles. The number of hydrogen-bond donors (Lipinski definition) is 1. The Morgan fingerprint density at radius 1 is 1.00 bits per heavy atom. The van der Waals surface area contributed by atoms with Gasteiger partial charge in [-0.2, -0.15) is 0 Å². The first-order chi connectivity index (χ1) is 11.4. The fourth-order valence-corrected chi connectivity index (χ4v) is 2.46. The monoisotopic (exact) mass is 325 g/mol. The standard InChI is InChI=1S/C20H23NO3/c1-5-24-20(23)16-9-8-15(4)18(11-16)21-19(22)12-17-10-13(2)6-7-14(17)3/h6-11H,5,12H2,1-4H3,(H,21,22). The minimum absolute atomic E-state index is 0.104. The third-order valence-electron chi connectivity index (χ3n) is 3.88. The van der Waals surface area contributed by atoms with Crippen molar-refractivity contribution in [2.75, 3.05) is 11.9 Å². The lowest BCUT2D eigenvalue weighted by Crippen LogP contribution is -2.16. The summed E-state index contributed by atoms with van der Waals surface area (Å²) in [6.45, 7) is 7.98. The molecule has 0 radical (unpaired) electrons. The van der Waals surface area contributed by atoms with E-state index in [4.69, 9.17) is 4.74 Å². The maximum absolute atomic E-state index is 12.4. The molecule has 0 aromatic heterocycles. The van der Waals surface area contributed by atoms with Gasteiger partial charge in [0, 0.05) is 5.69 Å². The number of aryl methyl sites for hydroxylation is 3. The molecule has 0 spiro atoms. The van der Waals surface area contributed by atoms with Gasteiger partial charge in [-0.15, -0.1) is 0 Å². The largest absolute Gasteiger partial charge is 0.462 e. The fourth-order valence-electron chi connectivity index (χ4n) is 2.46. The quantitative estimate of drug-likeness (QED) is 0.846. The lowest BCUT2D eigenvalue weighted by atomic mass is 10.0. The third-order valence-corrected chi connectivity index (χ3v) is 3.88. The van der Waals surface area contributed by atoms with Gasteiger partial charge in [-0.1, -0.05) is 29.8 Å². The highest BCUT2D eigenvalue weighted by Crippen LogP contribution is 2.19. The van der Waals surface area contributed by atoms with Crippen molar-refractivity contribution in [3.05, 3.63) is 64.2 Å². The van der Waals surface area contributed by atoms with Crippen molar-refractivity contribution in [2.24, 2.45) is 0 Å². The second-order valence-corrected chi connectivity index (χ2v) is 5.91. The van der Waals surface area contributed by atoms with E-state index in [1.54, 1.807) is 25.1 Å². The van der Waals surface area contributed by atoms with Crippen molar-refractivity contribution in [1.82, 2.24) is 0 Å². The summed E-state index contributed by atoms with van der Waals surface area (Å²) in [5.41, 5.74) is 5.20. The number of nitrogens with one attached hydrogen (secondary N) is 1. The van der Waals surface area contributed by atoms with Gasteiger partial charge in [-0.05, 0) is 56.5 Å². The maximum Gasteiger partial charge on any atom is 0.338 e. The Morgan fingerprint density at radius 3 is 2.42 bits per heavy atom. The second kappa shape index (κ2) is 7.77. The number of ether oxygens (including phenoxy) is 1. The normalized spacial score (nSPS) is 10.3. The number of hydrogen-bond acceptors (Lipinski definition) is 3. The molecule has 2 aromatic rings. The van der Waals surface area contributed by atoms with Crippen LogP contribution in [0, 0.1) is 20.8 Å². The number of esters is 1. The SMILES string of the molecule is CCOC(=O)c1ccc(C)c(NC(=O)Cc2cc(C)ccc2C)c1. The van der Waals surface area contributed by atoms with Crippen LogP contribution in [0.1, 0.15) is 39.5 Å². The highest BCUT2D eigenvalue weighted by molar-refractivity contribution is 5.96. The van der Waals surface area contributed by atoms with Gasteiger partial charge in [0.1, 0.15) is 0 Å². The van der Waals surface area contributed by atoms with Crippen LogP contribution in [0.3, 0.4) is 0 Å². The van der Waals surface area contributed by atoms with Gasteiger partial charge in [0.25, 0.3) is 0 Å². The Morgan fingerprint density at radius 2 is 1.71 bits per heavy atom. The van der Waals surface area contributed by atoms with Gasteiger partial charge in [0.15, 0.2) is 0 Å². The van der Waals surface area contributed by atoms with E-state index in [2.05, 4.69) is 5.32 Å². The Balaban J connectivity index is 2.15. The Bertz CT molecular complexity index is 765. The molecule has 0 saturated carbocycles. The number of rotatable bonds is 5. The van der Waals surface area contributed by atoms with Crippen LogP contribution in [-0.4, -0.2) is 18.5 Å². The Hall–Kier alpha value is -2.62. The molecule has 0 heterocycles. The lowest BCUT2D eigenvalue weighted by Gasteiger charge is -2.12. The van der Waals surface area contributed by atoms with Crippen molar-refractivity contribution in [3.8, 4) is 0 Å². The van der Waals surface area contributed by atoms with E-state index in [-0.39, 0.29) is 11.9 Å². The number of carbonyl (C=O) groups is 2. The molecular formula is C20H23NO3. The number of carbonyl (C=O) groups excluding carboxylic acids is 2. The van der Waals surface area contributed by atoms with Crippen molar-refractivity contribution < 1.29 is 14.3 Å². The van der Waals surface area contributed by atoms with Crippen LogP contribution in [0.2, 0.25) is 0 Å². The van der Waals surface area contributed by atoms with Crippen molar-refractivity contribution in [1.29, 1.82) is 0 Å². The number of benzene rings is 2. The fraction of sp³-hybridized carbons (Fsp3) is 0.300. The van der Waals surface area contributed by atoms with E-state index >= 15 is 0 Å². The van der Waals surface area contributed by atoms with Gasteiger partial charge in [0.05, 0.1) is 18.6 Å². The van der Waals surface area contributed by atoms with Gasteiger partial charge in [0.2, 0.25) is 5.91 Å². The molecule has 0 unspecified atom stereocenters. The van der Waals surface area contributed by atoms with Crippen LogP contribution in [-0.2, 0) is 16.0 Å². The molecule has 0 saturated heterocycles. The zero-order valence-corrected chi connectivity index (χ0v) is 14.6. The van der Waals surface area contributed by atoms with Crippen molar-refractivity contribution in [3.63, 3.8) is 0 Å². The zero-order chi connectivity index (χ0) is 17.7. The van der Waals surface area contributed by atoms with Crippen LogP contribution in [0.15, 0.2) is 36.4 Å². The van der Waals surface area contributed by atoms with Crippen LogP contribution in [0.4, 0.5) is 5.69 Å². The molecule has 2 aromatic carbocycles. The van der Waals surface area contributed by atoms with E-state index in [0.717, 1.165) is 22.3 Å². The molecule has 1 N–H and O–H groups in total. The molecule has 4 heteroatoms. The van der Waals surface area contributed by atoms with Gasteiger partial charge in [-0.25, -0.2) is 4.79 Å². The average Bonchev–Trinajstić information content (AvgIpc) is 2.53. The molecule has 0 aliphatic rings. The summed E-state index contributed by atoms with van der Waals surface area (Å²) in [6.07, 6.45) is 0.302. The third kappa shape index (κ3) is 4.44. The Labute approximate surface area is 142 Å². The average molecular weight is 325 g/mol. The summed E-state index contributed by atoms with van der Waals surface area (Å²) in [4.78, 5) is 24.2. The predicted octanol–water partition coefficient (Wildman–Crippen LogP) is 3.97. The molecule has 0 bridgehead atoms. The second-order valence-electron chi connectivity index (χ2n) is 5.91. The summed E-state index contributed by atoms with van der Waals surface area (Å²) in [5, 5.41) is 2.90. The van der Waals surface area contributed by atoms with Crippen molar-refractivity contribution >= 4 is 17.6 Å². The molecular weight excluding hydrogens is 302 g/mol. The number of amides is 1. The summed E-state index contributed by atoms with van der Waals surface area (Å²) in [7, 11) is 0. The highest BCUT2D eigenvalue weighted by Gasteiger charge is 2.12. The van der Waals surface area contributed by atoms with Crippen LogP contribution >= 0.6 is 0 Å². The van der Waals surface area contributed by atoms with Crippen LogP contribution in [0.5, 0.6) is 0 Å². The first-order valence-electron chi connectivity index (χ1n) is 8.04. The van der Waals surface area contributed by atoms with Crippen molar-refractivity contribution in [2.45, 2.75) is 34.1 Å². The number of anilines is 1. The first-order valence-corrected chi connectivity index (χ1v) is 8.04. The molecule has 126 valence electrons. The molecule has 2 rings (SSSR count). The molecule has 1 amide bonds. The van der Waals surface area contributed by atoms with E-state index < -0.39 is 0 Å². The minimum Gasteiger partial charge on any atom is -0.462 e. The van der Waals surface area contributed by atoms with Crippen LogP contribution in [0.25, 0.3) is 0 Å². The predicted molar refractivity (Wildman–Crippen MR) is 95.4 cm³/mol. The van der Waals surface area contributed by atoms with Gasteiger partial charge >= 0.3 is 5.97 Å². The minimum atomic E-state index is -0.387. The molecule has 0 aliphatic heterocycles. The smallest absolute Gasteiger partial charge is 0.338 e. The van der Waals surface area contributed by atoms with E-state index in [1.807, 2.05) is 39.0 Å². The first kappa shape index (κ1) is 17.7. The van der Waals surface area contributed by atoms with E-state index in [9.17, 15) is 9.59 Å². The summed E-state index contributed by atoms with van der Waals surface area (Å²) >= 11 is 0. The van der Waals surface area contributed by atoms with Crippen LogP contribution < -0.4 is 5.32 Å². The summed E-state index contributed by atoms with van der Waals surface area (Å²) < 4.78 is 5.00. The Kier molecular flexibility index (Phi) is 5.74. The summed E-state index contributed by atoms with van der Waals surface area (Å²) in [5.74, 6) is -0.490. The molecule has 24 heavy (non-hydrogen) atoms. The van der Waals surface area contributed by atoms with E-state index in [1.165, 1.54) is 0 Å². The molecule has 0 atom stereocenters. The molecule has 0 fully saturated rings.